The highest BCUT2D eigenvalue weighted by Gasteiger charge is 2.18. The maximum atomic E-state index is 12.9. The van der Waals surface area contributed by atoms with Crippen molar-refractivity contribution in [2.24, 2.45) is 0 Å². The fourth-order valence-corrected chi connectivity index (χ4v) is 3.13. The van der Waals surface area contributed by atoms with Crippen molar-refractivity contribution in [3.8, 4) is 11.3 Å². The molecule has 7 nitrogen and oxygen atoms in total. The van der Waals surface area contributed by atoms with Gasteiger partial charge in [-0.3, -0.25) is 9.59 Å². The number of rotatable bonds is 8. The van der Waals surface area contributed by atoms with Crippen LogP contribution in [0.4, 0.5) is 0 Å². The van der Waals surface area contributed by atoms with Crippen molar-refractivity contribution in [3.63, 3.8) is 0 Å². The number of aromatic nitrogens is 3. The molecular weight excluding hydrogens is 368 g/mol. The van der Waals surface area contributed by atoms with Crippen molar-refractivity contribution in [1.82, 2.24) is 20.1 Å². The highest BCUT2D eigenvalue weighted by atomic mass is 16.5. The summed E-state index contributed by atoms with van der Waals surface area (Å²) >= 11 is 0. The second-order valence-electron chi connectivity index (χ2n) is 7.13. The number of benzene rings is 1. The van der Waals surface area contributed by atoms with Gasteiger partial charge in [0.2, 0.25) is 0 Å². The number of amides is 1. The number of nitrogens with one attached hydrogen (secondary N) is 1. The lowest BCUT2D eigenvalue weighted by Crippen LogP contribution is -2.25. The molecule has 0 bridgehead atoms. The zero-order chi connectivity index (χ0) is 20.8. The first-order valence-electron chi connectivity index (χ1n) is 9.80. The molecule has 0 spiro atoms. The van der Waals surface area contributed by atoms with E-state index < -0.39 is 0 Å². The molecule has 0 unspecified atom stereocenters. The molecule has 1 amide bonds. The molecule has 0 atom stereocenters. The number of unbranched alkanes of at least 4 members (excludes halogenated alkanes) is 1. The van der Waals surface area contributed by atoms with Crippen LogP contribution in [0.1, 0.15) is 49.5 Å². The SMILES string of the molecule is COC(=O)CCCCNC(=O)c1cc(-c2ccccc2)nc2c1cnn2C(C)C. The summed E-state index contributed by atoms with van der Waals surface area (Å²) in [6.45, 7) is 4.55. The minimum absolute atomic E-state index is 0.125. The summed E-state index contributed by atoms with van der Waals surface area (Å²) in [4.78, 5) is 28.9. The molecule has 1 aromatic carbocycles. The van der Waals surface area contributed by atoms with Crippen LogP contribution in [0, 0.1) is 0 Å². The van der Waals surface area contributed by atoms with Crippen LogP contribution >= 0.6 is 0 Å². The first kappa shape index (κ1) is 20.5. The maximum absolute atomic E-state index is 12.9. The molecule has 29 heavy (non-hydrogen) atoms. The molecule has 1 N–H and O–H groups in total. The molecule has 0 saturated heterocycles. The second-order valence-corrected chi connectivity index (χ2v) is 7.13. The number of fused-ring (bicyclic) bond motifs is 1. The van der Waals surface area contributed by atoms with Gasteiger partial charge in [0.1, 0.15) is 0 Å². The molecule has 2 aromatic heterocycles. The molecule has 0 fully saturated rings. The number of carbonyl (C=O) groups is 2. The molecule has 0 aliphatic heterocycles. The third kappa shape index (κ3) is 4.80. The Morgan fingerprint density at radius 1 is 1.17 bits per heavy atom. The van der Waals surface area contributed by atoms with Crippen LogP contribution in [0.25, 0.3) is 22.3 Å². The topological polar surface area (TPSA) is 86.1 Å². The van der Waals surface area contributed by atoms with Crippen molar-refractivity contribution in [2.75, 3.05) is 13.7 Å². The summed E-state index contributed by atoms with van der Waals surface area (Å²) in [5, 5.41) is 8.11. The van der Waals surface area contributed by atoms with E-state index in [4.69, 9.17) is 4.98 Å². The van der Waals surface area contributed by atoms with E-state index in [0.717, 1.165) is 16.6 Å². The largest absolute Gasteiger partial charge is 0.469 e. The lowest BCUT2D eigenvalue weighted by atomic mass is 10.1. The lowest BCUT2D eigenvalue weighted by Gasteiger charge is -2.11. The Morgan fingerprint density at radius 2 is 1.93 bits per heavy atom. The molecular formula is C22H26N4O3. The highest BCUT2D eigenvalue weighted by Crippen LogP contribution is 2.26. The average molecular weight is 394 g/mol. The first-order valence-corrected chi connectivity index (χ1v) is 9.80. The van der Waals surface area contributed by atoms with Gasteiger partial charge < -0.3 is 10.1 Å². The number of pyridine rings is 1. The summed E-state index contributed by atoms with van der Waals surface area (Å²) in [5.41, 5.74) is 2.92. The Balaban J connectivity index is 1.86. The molecule has 7 heteroatoms. The van der Waals surface area contributed by atoms with E-state index in [1.807, 2.05) is 54.9 Å². The predicted molar refractivity (Wildman–Crippen MR) is 112 cm³/mol. The lowest BCUT2D eigenvalue weighted by molar-refractivity contribution is -0.140. The summed E-state index contributed by atoms with van der Waals surface area (Å²) < 4.78 is 6.46. The summed E-state index contributed by atoms with van der Waals surface area (Å²) in [5.74, 6) is -0.406. The Kier molecular flexibility index (Phi) is 6.59. The van der Waals surface area contributed by atoms with Gasteiger partial charge in [-0.1, -0.05) is 30.3 Å². The first-order chi connectivity index (χ1) is 14.0. The van der Waals surface area contributed by atoms with Crippen LogP contribution in [-0.4, -0.2) is 40.3 Å². The smallest absolute Gasteiger partial charge is 0.305 e. The molecule has 0 radical (unpaired) electrons. The number of hydrogen-bond donors (Lipinski definition) is 1. The van der Waals surface area contributed by atoms with Crippen molar-refractivity contribution in [2.45, 2.75) is 39.2 Å². The fourth-order valence-electron chi connectivity index (χ4n) is 3.13. The number of methoxy groups -OCH3 is 1. The van der Waals surface area contributed by atoms with Gasteiger partial charge in [0.15, 0.2) is 5.65 Å². The molecule has 3 rings (SSSR count). The Labute approximate surface area is 170 Å². The molecule has 0 aliphatic carbocycles. The Hall–Kier alpha value is -3.22. The van der Waals surface area contributed by atoms with E-state index in [9.17, 15) is 9.59 Å². The summed E-state index contributed by atoms with van der Waals surface area (Å²) in [6.07, 6.45) is 3.42. The number of carbonyl (C=O) groups excluding carboxylic acids is 2. The molecule has 0 aliphatic rings. The fraction of sp³-hybridized carbons (Fsp3) is 0.364. The van der Waals surface area contributed by atoms with Gasteiger partial charge in [0.25, 0.3) is 5.91 Å². The minimum Gasteiger partial charge on any atom is -0.469 e. The average Bonchev–Trinajstić information content (AvgIpc) is 3.17. The van der Waals surface area contributed by atoms with Crippen LogP contribution in [0.2, 0.25) is 0 Å². The van der Waals surface area contributed by atoms with Crippen molar-refractivity contribution < 1.29 is 14.3 Å². The maximum Gasteiger partial charge on any atom is 0.305 e. The summed E-state index contributed by atoms with van der Waals surface area (Å²) in [6, 6.07) is 11.7. The van der Waals surface area contributed by atoms with E-state index in [-0.39, 0.29) is 17.9 Å². The zero-order valence-corrected chi connectivity index (χ0v) is 17.0. The van der Waals surface area contributed by atoms with Crippen LogP contribution in [0.15, 0.2) is 42.6 Å². The van der Waals surface area contributed by atoms with Gasteiger partial charge in [0, 0.05) is 24.6 Å². The summed E-state index contributed by atoms with van der Waals surface area (Å²) in [7, 11) is 1.38. The van der Waals surface area contributed by atoms with E-state index in [0.29, 0.717) is 37.0 Å². The van der Waals surface area contributed by atoms with Gasteiger partial charge in [-0.05, 0) is 32.8 Å². The van der Waals surface area contributed by atoms with Gasteiger partial charge >= 0.3 is 5.97 Å². The third-order valence-corrected chi connectivity index (χ3v) is 4.69. The number of esters is 1. The van der Waals surface area contributed by atoms with E-state index >= 15 is 0 Å². The normalized spacial score (nSPS) is 11.0. The van der Waals surface area contributed by atoms with Crippen molar-refractivity contribution >= 4 is 22.9 Å². The van der Waals surface area contributed by atoms with Gasteiger partial charge in [0.05, 0.1) is 30.0 Å². The van der Waals surface area contributed by atoms with Crippen molar-refractivity contribution in [1.29, 1.82) is 0 Å². The van der Waals surface area contributed by atoms with Gasteiger partial charge in [-0.2, -0.15) is 5.10 Å². The van der Waals surface area contributed by atoms with E-state index in [1.165, 1.54) is 7.11 Å². The number of nitrogens with zero attached hydrogens (tertiary/aromatic N) is 3. The van der Waals surface area contributed by atoms with Crippen LogP contribution in [0.3, 0.4) is 0 Å². The number of ether oxygens (including phenoxy) is 1. The van der Waals surface area contributed by atoms with E-state index in [2.05, 4.69) is 15.2 Å². The monoisotopic (exact) mass is 394 g/mol. The molecule has 2 heterocycles. The van der Waals surface area contributed by atoms with Crippen molar-refractivity contribution in [3.05, 3.63) is 48.2 Å². The van der Waals surface area contributed by atoms with Gasteiger partial charge in [-0.25, -0.2) is 9.67 Å². The number of hydrogen-bond acceptors (Lipinski definition) is 5. The zero-order valence-electron chi connectivity index (χ0n) is 17.0. The predicted octanol–water partition coefficient (Wildman–Crippen LogP) is 3.75. The molecule has 3 aromatic rings. The standard InChI is InChI=1S/C22H26N4O3/c1-15(2)26-21-18(14-24-26)17(13-19(25-21)16-9-5-4-6-10-16)22(28)23-12-8-7-11-20(27)29-3/h4-6,9-10,13-15H,7-8,11-12H2,1-3H3,(H,23,28). The van der Waals surface area contributed by atoms with Crippen LogP contribution in [0.5, 0.6) is 0 Å². The van der Waals surface area contributed by atoms with E-state index in [1.54, 1.807) is 6.20 Å². The molecule has 152 valence electrons. The van der Waals surface area contributed by atoms with Crippen LogP contribution in [-0.2, 0) is 9.53 Å². The Morgan fingerprint density at radius 3 is 2.62 bits per heavy atom. The minimum atomic E-state index is -0.235. The highest BCUT2D eigenvalue weighted by molar-refractivity contribution is 6.06. The third-order valence-electron chi connectivity index (χ3n) is 4.69. The quantitative estimate of drug-likeness (QED) is 0.464. The van der Waals surface area contributed by atoms with Crippen LogP contribution < -0.4 is 5.32 Å². The molecule has 0 saturated carbocycles. The van der Waals surface area contributed by atoms with Gasteiger partial charge in [-0.15, -0.1) is 0 Å². The second kappa shape index (κ2) is 9.32. The Bertz CT molecular complexity index is 996.